The SMILES string of the molecule is C[C@H](NC(=O)[C@@H]1CCN1)C(O)(c1ccccc1)c1ccccc1. The van der Waals surface area contributed by atoms with Crippen LogP contribution in [0.4, 0.5) is 0 Å². The molecule has 0 radical (unpaired) electrons. The van der Waals surface area contributed by atoms with Gasteiger partial charge in [-0.25, -0.2) is 0 Å². The molecule has 0 spiro atoms. The van der Waals surface area contributed by atoms with Crippen molar-refractivity contribution in [1.29, 1.82) is 0 Å². The minimum atomic E-state index is -1.28. The van der Waals surface area contributed by atoms with E-state index >= 15 is 0 Å². The van der Waals surface area contributed by atoms with Crippen LogP contribution in [0.3, 0.4) is 0 Å². The minimum Gasteiger partial charge on any atom is -0.378 e. The van der Waals surface area contributed by atoms with E-state index in [4.69, 9.17) is 0 Å². The van der Waals surface area contributed by atoms with E-state index in [9.17, 15) is 9.90 Å². The summed E-state index contributed by atoms with van der Waals surface area (Å²) in [7, 11) is 0. The summed E-state index contributed by atoms with van der Waals surface area (Å²) in [6.45, 7) is 2.71. The molecule has 2 aromatic carbocycles. The number of hydrogen-bond acceptors (Lipinski definition) is 3. The van der Waals surface area contributed by atoms with E-state index in [-0.39, 0.29) is 11.9 Å². The molecule has 4 heteroatoms. The molecule has 120 valence electrons. The van der Waals surface area contributed by atoms with Crippen LogP contribution in [0.1, 0.15) is 24.5 Å². The second kappa shape index (κ2) is 6.52. The van der Waals surface area contributed by atoms with Crippen LogP contribution in [0.15, 0.2) is 60.7 Å². The third-order valence-corrected chi connectivity index (χ3v) is 4.55. The number of carbonyl (C=O) groups excluding carboxylic acids is 1. The third-order valence-electron chi connectivity index (χ3n) is 4.55. The van der Waals surface area contributed by atoms with Crippen LogP contribution in [0, 0.1) is 0 Å². The van der Waals surface area contributed by atoms with E-state index in [0.717, 1.165) is 24.1 Å². The summed E-state index contributed by atoms with van der Waals surface area (Å²) >= 11 is 0. The highest BCUT2D eigenvalue weighted by Crippen LogP contribution is 2.33. The fourth-order valence-corrected chi connectivity index (χ4v) is 2.98. The van der Waals surface area contributed by atoms with Crippen LogP contribution in [-0.2, 0) is 10.4 Å². The van der Waals surface area contributed by atoms with Gasteiger partial charge in [-0.05, 0) is 31.0 Å². The molecule has 1 saturated heterocycles. The molecule has 1 heterocycles. The normalized spacial score (nSPS) is 18.8. The van der Waals surface area contributed by atoms with Gasteiger partial charge in [0, 0.05) is 0 Å². The van der Waals surface area contributed by atoms with Gasteiger partial charge in [-0.2, -0.15) is 0 Å². The molecular formula is C19H22N2O2. The molecule has 1 fully saturated rings. The van der Waals surface area contributed by atoms with E-state index in [1.807, 2.05) is 67.6 Å². The van der Waals surface area contributed by atoms with Crippen LogP contribution in [-0.4, -0.2) is 29.6 Å². The molecule has 1 aliphatic heterocycles. The monoisotopic (exact) mass is 310 g/mol. The van der Waals surface area contributed by atoms with E-state index in [0.29, 0.717) is 0 Å². The molecule has 1 amide bonds. The lowest BCUT2D eigenvalue weighted by Gasteiger charge is -2.37. The fourth-order valence-electron chi connectivity index (χ4n) is 2.98. The van der Waals surface area contributed by atoms with Gasteiger partial charge in [0.05, 0.1) is 12.1 Å². The second-order valence-corrected chi connectivity index (χ2v) is 6.02. The molecule has 4 nitrogen and oxygen atoms in total. The summed E-state index contributed by atoms with van der Waals surface area (Å²) in [5.74, 6) is -0.0611. The van der Waals surface area contributed by atoms with Crippen molar-refractivity contribution in [3.8, 4) is 0 Å². The van der Waals surface area contributed by atoms with Crippen molar-refractivity contribution in [2.24, 2.45) is 0 Å². The number of rotatable bonds is 5. The number of benzene rings is 2. The summed E-state index contributed by atoms with van der Waals surface area (Å²) in [6.07, 6.45) is 0.841. The topological polar surface area (TPSA) is 61.4 Å². The van der Waals surface area contributed by atoms with Crippen molar-refractivity contribution in [2.45, 2.75) is 31.0 Å². The van der Waals surface area contributed by atoms with Gasteiger partial charge in [0.1, 0.15) is 5.60 Å². The predicted molar refractivity (Wildman–Crippen MR) is 89.9 cm³/mol. The van der Waals surface area contributed by atoms with Gasteiger partial charge in [-0.1, -0.05) is 60.7 Å². The largest absolute Gasteiger partial charge is 0.378 e. The average Bonchev–Trinajstić information content (AvgIpc) is 2.54. The Hall–Kier alpha value is -2.17. The zero-order valence-corrected chi connectivity index (χ0v) is 13.2. The van der Waals surface area contributed by atoms with Gasteiger partial charge in [0.25, 0.3) is 0 Å². The van der Waals surface area contributed by atoms with Crippen molar-refractivity contribution in [3.63, 3.8) is 0 Å². The Kier molecular flexibility index (Phi) is 4.46. The lowest BCUT2D eigenvalue weighted by atomic mass is 9.80. The van der Waals surface area contributed by atoms with Gasteiger partial charge in [0.2, 0.25) is 5.91 Å². The van der Waals surface area contributed by atoms with Crippen LogP contribution < -0.4 is 10.6 Å². The highest BCUT2D eigenvalue weighted by Gasteiger charge is 2.39. The van der Waals surface area contributed by atoms with Crippen molar-refractivity contribution in [1.82, 2.24) is 10.6 Å². The predicted octanol–water partition coefficient (Wildman–Crippen LogP) is 1.79. The molecule has 3 N–H and O–H groups in total. The average molecular weight is 310 g/mol. The molecule has 3 rings (SSSR count). The summed E-state index contributed by atoms with van der Waals surface area (Å²) < 4.78 is 0. The quantitative estimate of drug-likeness (QED) is 0.789. The smallest absolute Gasteiger partial charge is 0.237 e. The van der Waals surface area contributed by atoms with Gasteiger partial charge in [-0.15, -0.1) is 0 Å². The number of aliphatic hydroxyl groups is 1. The molecule has 1 aliphatic rings. The fraction of sp³-hybridized carbons (Fsp3) is 0.316. The maximum atomic E-state index is 12.3. The van der Waals surface area contributed by atoms with Gasteiger partial charge < -0.3 is 15.7 Å². The van der Waals surface area contributed by atoms with E-state index in [2.05, 4.69) is 10.6 Å². The van der Waals surface area contributed by atoms with Gasteiger partial charge in [0.15, 0.2) is 0 Å². The first-order valence-corrected chi connectivity index (χ1v) is 7.99. The summed E-state index contributed by atoms with van der Waals surface area (Å²) in [5, 5.41) is 17.6. The molecule has 2 aromatic rings. The Balaban J connectivity index is 1.93. The molecule has 0 bridgehead atoms. The van der Waals surface area contributed by atoms with E-state index in [1.165, 1.54) is 0 Å². The molecule has 0 aliphatic carbocycles. The summed E-state index contributed by atoms with van der Waals surface area (Å²) in [6, 6.07) is 18.3. The molecule has 0 unspecified atom stereocenters. The van der Waals surface area contributed by atoms with E-state index in [1.54, 1.807) is 0 Å². The van der Waals surface area contributed by atoms with Crippen molar-refractivity contribution >= 4 is 5.91 Å². The number of amides is 1. The Morgan fingerprint density at radius 2 is 1.61 bits per heavy atom. The van der Waals surface area contributed by atoms with Gasteiger partial charge >= 0.3 is 0 Å². The van der Waals surface area contributed by atoms with Crippen LogP contribution in [0.5, 0.6) is 0 Å². The standard InChI is InChI=1S/C19H22N2O2/c1-14(21-18(22)17-12-13-20-17)19(23,15-8-4-2-5-9-15)16-10-6-3-7-11-16/h2-11,14,17,20,23H,12-13H2,1H3,(H,21,22)/t14-,17-/m0/s1. The third kappa shape index (κ3) is 3.00. The second-order valence-electron chi connectivity index (χ2n) is 6.02. The maximum absolute atomic E-state index is 12.3. The first-order valence-electron chi connectivity index (χ1n) is 7.99. The first-order chi connectivity index (χ1) is 11.1. The van der Waals surface area contributed by atoms with Crippen molar-refractivity contribution in [2.75, 3.05) is 6.54 Å². The van der Waals surface area contributed by atoms with Crippen molar-refractivity contribution in [3.05, 3.63) is 71.8 Å². The lowest BCUT2D eigenvalue weighted by molar-refractivity contribution is -0.127. The van der Waals surface area contributed by atoms with Crippen LogP contribution in [0.25, 0.3) is 0 Å². The minimum absolute atomic E-state index is 0.0611. The Bertz CT molecular complexity index is 614. The Labute approximate surface area is 136 Å². The zero-order chi connectivity index (χ0) is 16.3. The highest BCUT2D eigenvalue weighted by molar-refractivity contribution is 5.83. The Morgan fingerprint density at radius 3 is 2.00 bits per heavy atom. The summed E-state index contributed by atoms with van der Waals surface area (Å²) in [4.78, 5) is 12.3. The van der Waals surface area contributed by atoms with Crippen LogP contribution >= 0.6 is 0 Å². The highest BCUT2D eigenvalue weighted by atomic mass is 16.3. The lowest BCUT2D eigenvalue weighted by Crippen LogP contribution is -2.58. The zero-order valence-electron chi connectivity index (χ0n) is 13.2. The van der Waals surface area contributed by atoms with Crippen LogP contribution in [0.2, 0.25) is 0 Å². The number of hydrogen-bond donors (Lipinski definition) is 3. The molecule has 2 atom stereocenters. The molecule has 0 aromatic heterocycles. The van der Waals surface area contributed by atoms with Crippen molar-refractivity contribution < 1.29 is 9.90 Å². The number of nitrogens with one attached hydrogen (secondary N) is 2. The van der Waals surface area contributed by atoms with E-state index < -0.39 is 11.6 Å². The molecular weight excluding hydrogens is 288 g/mol. The molecule has 0 saturated carbocycles. The maximum Gasteiger partial charge on any atom is 0.237 e. The molecule has 23 heavy (non-hydrogen) atoms. The first kappa shape index (κ1) is 15.7. The summed E-state index contributed by atoms with van der Waals surface area (Å²) in [5.41, 5.74) is 0.253. The number of carbonyl (C=O) groups is 1. The Morgan fingerprint density at radius 1 is 1.13 bits per heavy atom. The van der Waals surface area contributed by atoms with Gasteiger partial charge in [-0.3, -0.25) is 4.79 Å².